The normalized spacial score (nSPS) is 15.8. The van der Waals surface area contributed by atoms with Gasteiger partial charge in [-0.25, -0.2) is 4.79 Å². The third kappa shape index (κ3) is 4.93. The number of aliphatic hydroxyl groups excluding tert-OH is 1. The van der Waals surface area contributed by atoms with Crippen LogP contribution in [0.3, 0.4) is 0 Å². The van der Waals surface area contributed by atoms with Crippen LogP contribution in [-0.2, 0) is 16.8 Å². The van der Waals surface area contributed by atoms with Gasteiger partial charge in [0.05, 0.1) is 17.2 Å². The summed E-state index contributed by atoms with van der Waals surface area (Å²) in [4.78, 5) is 39.8. The van der Waals surface area contributed by atoms with Crippen molar-refractivity contribution in [1.29, 1.82) is 0 Å². The van der Waals surface area contributed by atoms with E-state index in [1.807, 2.05) is 24.3 Å². The standard InChI is InChI=1S/C31H26ClNO6/c1-31(2,3)21-10-8-18(9-11-21)26-25(27(34)24-15-20-14-22(32)12-13-23(20)39-24)28(35)29(36)33(26)16-17-4-6-19(7-5-17)30(37)38/h4-15,26,35H,16H2,1-3H3,(H,37,38). The monoisotopic (exact) mass is 543 g/mol. The minimum Gasteiger partial charge on any atom is -0.503 e. The molecule has 1 unspecified atom stereocenters. The lowest BCUT2D eigenvalue weighted by Gasteiger charge is -2.28. The third-order valence-corrected chi connectivity index (χ3v) is 7.13. The van der Waals surface area contributed by atoms with Crippen molar-refractivity contribution < 1.29 is 29.0 Å². The molecule has 7 nitrogen and oxygen atoms in total. The summed E-state index contributed by atoms with van der Waals surface area (Å²) in [7, 11) is 0. The number of hydrogen-bond acceptors (Lipinski definition) is 5. The number of aliphatic hydroxyl groups is 1. The van der Waals surface area contributed by atoms with E-state index in [9.17, 15) is 24.6 Å². The van der Waals surface area contributed by atoms with Crippen molar-refractivity contribution >= 4 is 40.2 Å². The number of carbonyl (C=O) groups excluding carboxylic acids is 2. The highest BCUT2D eigenvalue weighted by molar-refractivity contribution is 6.31. The molecule has 0 spiro atoms. The Bertz CT molecular complexity index is 1640. The molecule has 1 atom stereocenters. The summed E-state index contributed by atoms with van der Waals surface area (Å²) in [6.45, 7) is 6.30. The van der Waals surface area contributed by atoms with E-state index in [4.69, 9.17) is 16.0 Å². The van der Waals surface area contributed by atoms with E-state index in [2.05, 4.69) is 20.8 Å². The number of Topliss-reactive ketones (excluding diaryl/α,β-unsaturated/α-hetero) is 1. The Balaban J connectivity index is 1.58. The summed E-state index contributed by atoms with van der Waals surface area (Å²) in [5.74, 6) is -3.04. The predicted octanol–water partition coefficient (Wildman–Crippen LogP) is 6.86. The van der Waals surface area contributed by atoms with Crippen molar-refractivity contribution in [2.24, 2.45) is 0 Å². The van der Waals surface area contributed by atoms with E-state index in [1.54, 1.807) is 36.4 Å². The molecule has 8 heteroatoms. The first-order valence-corrected chi connectivity index (χ1v) is 12.7. The molecule has 0 aliphatic carbocycles. The quantitative estimate of drug-likeness (QED) is 0.257. The van der Waals surface area contributed by atoms with Crippen LogP contribution in [0.4, 0.5) is 0 Å². The van der Waals surface area contributed by atoms with Gasteiger partial charge in [0, 0.05) is 17.0 Å². The highest BCUT2D eigenvalue weighted by Crippen LogP contribution is 2.41. The van der Waals surface area contributed by atoms with E-state index in [0.29, 0.717) is 27.1 Å². The molecular formula is C31H26ClNO6. The molecule has 0 saturated heterocycles. The van der Waals surface area contributed by atoms with E-state index < -0.39 is 29.5 Å². The molecule has 0 bridgehead atoms. The Morgan fingerprint density at radius 3 is 2.26 bits per heavy atom. The van der Waals surface area contributed by atoms with Gasteiger partial charge in [0.15, 0.2) is 11.5 Å². The zero-order valence-corrected chi connectivity index (χ0v) is 22.3. The first-order chi connectivity index (χ1) is 18.4. The maximum Gasteiger partial charge on any atom is 0.335 e. The van der Waals surface area contributed by atoms with Gasteiger partial charge in [0.1, 0.15) is 5.58 Å². The Labute approximate surface area is 229 Å². The number of halogens is 1. The topological polar surface area (TPSA) is 108 Å². The average Bonchev–Trinajstić information content (AvgIpc) is 3.42. The lowest BCUT2D eigenvalue weighted by molar-refractivity contribution is -0.130. The molecule has 1 aliphatic rings. The summed E-state index contributed by atoms with van der Waals surface area (Å²) >= 11 is 6.09. The number of aromatic carboxylic acids is 1. The Kier molecular flexibility index (Phi) is 6.56. The molecular weight excluding hydrogens is 518 g/mol. The van der Waals surface area contributed by atoms with Gasteiger partial charge < -0.3 is 19.5 Å². The fourth-order valence-corrected chi connectivity index (χ4v) is 4.95. The summed E-state index contributed by atoms with van der Waals surface area (Å²) in [5, 5.41) is 21.3. The van der Waals surface area contributed by atoms with E-state index in [0.717, 1.165) is 5.56 Å². The first-order valence-electron chi connectivity index (χ1n) is 12.3. The third-order valence-electron chi connectivity index (χ3n) is 6.90. The number of rotatable bonds is 6. The SMILES string of the molecule is CC(C)(C)c1ccc(C2C(C(=O)c3cc4cc(Cl)ccc4o3)=C(O)C(=O)N2Cc2ccc(C(=O)O)cc2)cc1. The van der Waals surface area contributed by atoms with Gasteiger partial charge in [-0.05, 0) is 58.5 Å². The number of amides is 1. The van der Waals surface area contributed by atoms with Crippen molar-refractivity contribution in [3.05, 3.63) is 117 Å². The molecule has 1 aliphatic heterocycles. The molecule has 4 aromatic rings. The average molecular weight is 544 g/mol. The second kappa shape index (κ2) is 9.75. The van der Waals surface area contributed by atoms with Crippen LogP contribution in [-0.4, -0.2) is 32.8 Å². The van der Waals surface area contributed by atoms with Crippen LogP contribution < -0.4 is 0 Å². The van der Waals surface area contributed by atoms with Crippen molar-refractivity contribution in [1.82, 2.24) is 4.90 Å². The lowest BCUT2D eigenvalue weighted by atomic mass is 9.85. The van der Waals surface area contributed by atoms with Crippen molar-refractivity contribution in [2.45, 2.75) is 38.8 Å². The van der Waals surface area contributed by atoms with Gasteiger partial charge in [-0.1, -0.05) is 68.8 Å². The maximum atomic E-state index is 13.8. The van der Waals surface area contributed by atoms with Gasteiger partial charge in [-0.15, -0.1) is 0 Å². The maximum absolute atomic E-state index is 13.8. The lowest BCUT2D eigenvalue weighted by Crippen LogP contribution is -2.30. The van der Waals surface area contributed by atoms with Crippen LogP contribution in [0.25, 0.3) is 11.0 Å². The molecule has 198 valence electrons. The van der Waals surface area contributed by atoms with E-state index >= 15 is 0 Å². The summed E-state index contributed by atoms with van der Waals surface area (Å²) in [6.07, 6.45) is 0. The van der Waals surface area contributed by atoms with Crippen molar-refractivity contribution in [2.75, 3.05) is 0 Å². The fraction of sp³-hybridized carbons (Fsp3) is 0.194. The molecule has 1 aromatic heterocycles. The second-order valence-electron chi connectivity index (χ2n) is 10.6. The van der Waals surface area contributed by atoms with Crippen LogP contribution in [0.15, 0.2) is 88.5 Å². The summed E-state index contributed by atoms with van der Waals surface area (Å²) in [5.41, 5.74) is 2.73. The fourth-order valence-electron chi connectivity index (χ4n) is 4.77. The minimum absolute atomic E-state index is 0.0226. The molecule has 0 radical (unpaired) electrons. The van der Waals surface area contributed by atoms with Crippen molar-refractivity contribution in [3.8, 4) is 0 Å². The predicted molar refractivity (Wildman–Crippen MR) is 147 cm³/mol. The van der Waals surface area contributed by atoms with Crippen LogP contribution >= 0.6 is 11.6 Å². The second-order valence-corrected chi connectivity index (χ2v) is 11.0. The summed E-state index contributed by atoms with van der Waals surface area (Å²) < 4.78 is 5.78. The number of hydrogen-bond donors (Lipinski definition) is 2. The van der Waals surface area contributed by atoms with Crippen LogP contribution in [0.5, 0.6) is 0 Å². The van der Waals surface area contributed by atoms with Crippen LogP contribution in [0, 0.1) is 0 Å². The van der Waals surface area contributed by atoms with Crippen LogP contribution in [0.2, 0.25) is 5.02 Å². The number of benzene rings is 3. The van der Waals surface area contributed by atoms with Gasteiger partial charge in [-0.2, -0.15) is 0 Å². The molecule has 1 amide bonds. The molecule has 39 heavy (non-hydrogen) atoms. The molecule has 2 heterocycles. The van der Waals surface area contributed by atoms with E-state index in [-0.39, 0.29) is 28.9 Å². The van der Waals surface area contributed by atoms with Gasteiger partial charge in [-0.3, -0.25) is 9.59 Å². The largest absolute Gasteiger partial charge is 0.503 e. The first kappa shape index (κ1) is 26.3. The Morgan fingerprint density at radius 1 is 0.974 bits per heavy atom. The zero-order valence-electron chi connectivity index (χ0n) is 21.6. The van der Waals surface area contributed by atoms with Crippen molar-refractivity contribution in [3.63, 3.8) is 0 Å². The van der Waals surface area contributed by atoms with E-state index in [1.165, 1.54) is 17.0 Å². The molecule has 5 rings (SSSR count). The Hall–Kier alpha value is -4.36. The molecule has 0 saturated carbocycles. The van der Waals surface area contributed by atoms with Crippen LogP contribution in [0.1, 0.15) is 64.4 Å². The smallest absolute Gasteiger partial charge is 0.335 e. The highest BCUT2D eigenvalue weighted by Gasteiger charge is 2.44. The number of carboxylic acids is 1. The van der Waals surface area contributed by atoms with Gasteiger partial charge >= 0.3 is 5.97 Å². The zero-order chi connectivity index (χ0) is 28.1. The number of carbonyl (C=O) groups is 3. The number of carboxylic acid groups (broad SMARTS) is 1. The molecule has 2 N–H and O–H groups in total. The number of nitrogens with zero attached hydrogens (tertiary/aromatic N) is 1. The minimum atomic E-state index is -1.06. The van der Waals surface area contributed by atoms with Gasteiger partial charge in [0.2, 0.25) is 5.78 Å². The number of ketones is 1. The molecule has 0 fully saturated rings. The summed E-state index contributed by atoms with van der Waals surface area (Å²) in [6, 6.07) is 19.3. The Morgan fingerprint density at radius 2 is 1.64 bits per heavy atom. The van der Waals surface area contributed by atoms with Gasteiger partial charge in [0.25, 0.3) is 5.91 Å². The molecule has 3 aromatic carbocycles. The highest BCUT2D eigenvalue weighted by atomic mass is 35.5. The number of fused-ring (bicyclic) bond motifs is 1. The number of furan rings is 1.